The number of aliphatic imine (C=N–C) groups is 1. The van der Waals surface area contributed by atoms with E-state index in [0.717, 1.165) is 41.7 Å². The van der Waals surface area contributed by atoms with E-state index in [2.05, 4.69) is 27.9 Å². The zero-order valence-corrected chi connectivity index (χ0v) is 21.9. The normalized spacial score (nSPS) is 11.7. The molecular weight excluding hydrogens is 519 g/mol. The average Bonchev–Trinajstić information content (AvgIpc) is 2.75. The van der Waals surface area contributed by atoms with E-state index in [1.807, 2.05) is 56.3 Å². The number of rotatable bonds is 10. The molecule has 0 bridgehead atoms. The van der Waals surface area contributed by atoms with Crippen molar-refractivity contribution in [2.45, 2.75) is 40.2 Å². The molecule has 2 aromatic rings. The molecule has 0 heterocycles. The number of carbonyl (C=O) groups is 1. The molecule has 0 fully saturated rings. The summed E-state index contributed by atoms with van der Waals surface area (Å²) in [4.78, 5) is 15.4. The number of nitrogens with one attached hydrogen (secondary N) is 3. The highest BCUT2D eigenvalue weighted by molar-refractivity contribution is 14.0. The van der Waals surface area contributed by atoms with Crippen LogP contribution >= 0.6 is 24.0 Å². The van der Waals surface area contributed by atoms with Gasteiger partial charge >= 0.3 is 0 Å². The molecule has 0 aromatic heterocycles. The predicted molar refractivity (Wildman–Crippen MR) is 142 cm³/mol. The van der Waals surface area contributed by atoms with Gasteiger partial charge in [0.1, 0.15) is 0 Å². The number of amides is 1. The first-order chi connectivity index (χ1) is 15.0. The second-order valence-electron chi connectivity index (χ2n) is 7.07. The van der Waals surface area contributed by atoms with Crippen LogP contribution in [0.4, 0.5) is 5.69 Å². The fourth-order valence-corrected chi connectivity index (χ4v) is 3.10. The van der Waals surface area contributed by atoms with E-state index in [-0.39, 0.29) is 35.9 Å². The Morgan fingerprint density at radius 1 is 1.03 bits per heavy atom. The predicted octanol–water partition coefficient (Wildman–Crippen LogP) is 4.53. The summed E-state index contributed by atoms with van der Waals surface area (Å²) < 4.78 is 11.4. The number of benzene rings is 2. The number of carbonyl (C=O) groups excluding carboxylic acids is 1. The van der Waals surface area contributed by atoms with Crippen LogP contribution in [-0.4, -0.2) is 38.7 Å². The smallest absolute Gasteiger partial charge is 0.221 e. The van der Waals surface area contributed by atoms with E-state index in [1.165, 1.54) is 12.5 Å². The third-order valence-electron chi connectivity index (χ3n) is 4.62. The van der Waals surface area contributed by atoms with E-state index in [0.29, 0.717) is 13.2 Å². The molecule has 2 aromatic carbocycles. The Balaban J connectivity index is 0.00000512. The highest BCUT2D eigenvalue weighted by Gasteiger charge is 2.12. The number of anilines is 1. The van der Waals surface area contributed by atoms with Gasteiger partial charge in [0, 0.05) is 26.2 Å². The molecule has 7 nitrogen and oxygen atoms in total. The van der Waals surface area contributed by atoms with Gasteiger partial charge in [0.2, 0.25) is 5.91 Å². The molecule has 0 saturated carbocycles. The standard InChI is InChI=1S/C24H34N4O3.HI/c1-6-30-22-13-10-20(16-23(22)31-7-2)17(3)27-24(25-5)26-15-14-19-8-11-21(12-9-19)28-18(4)29;/h8-13,16-17H,6-7,14-15H2,1-5H3,(H,28,29)(H2,25,26,27);1H. The second kappa shape index (κ2) is 14.5. The molecule has 32 heavy (non-hydrogen) atoms. The van der Waals surface area contributed by atoms with Crippen molar-refractivity contribution in [3.8, 4) is 11.5 Å². The lowest BCUT2D eigenvalue weighted by Crippen LogP contribution is -2.39. The van der Waals surface area contributed by atoms with Crippen LogP contribution in [0.15, 0.2) is 47.5 Å². The molecule has 0 spiro atoms. The summed E-state index contributed by atoms with van der Waals surface area (Å²) in [6.07, 6.45) is 0.840. The van der Waals surface area contributed by atoms with Crippen molar-refractivity contribution in [1.82, 2.24) is 10.6 Å². The van der Waals surface area contributed by atoms with Crippen LogP contribution in [0.1, 0.15) is 44.9 Å². The number of guanidine groups is 1. The van der Waals surface area contributed by atoms with Gasteiger partial charge in [0.05, 0.1) is 19.3 Å². The fourth-order valence-electron chi connectivity index (χ4n) is 3.10. The largest absolute Gasteiger partial charge is 0.490 e. The van der Waals surface area contributed by atoms with Gasteiger partial charge < -0.3 is 25.4 Å². The molecule has 0 saturated heterocycles. The summed E-state index contributed by atoms with van der Waals surface area (Å²) in [5.74, 6) is 2.17. The summed E-state index contributed by atoms with van der Waals surface area (Å²) >= 11 is 0. The molecule has 0 aliphatic carbocycles. The van der Waals surface area contributed by atoms with Crippen LogP contribution in [0.25, 0.3) is 0 Å². The van der Waals surface area contributed by atoms with Crippen molar-refractivity contribution in [1.29, 1.82) is 0 Å². The van der Waals surface area contributed by atoms with Crippen LogP contribution in [-0.2, 0) is 11.2 Å². The Bertz CT molecular complexity index is 872. The maximum atomic E-state index is 11.1. The molecule has 0 aliphatic heterocycles. The van der Waals surface area contributed by atoms with Crippen LogP contribution in [0.5, 0.6) is 11.5 Å². The number of nitrogens with zero attached hydrogens (tertiary/aromatic N) is 1. The van der Waals surface area contributed by atoms with Gasteiger partial charge in [-0.3, -0.25) is 9.79 Å². The first-order valence-electron chi connectivity index (χ1n) is 10.7. The molecule has 3 N–H and O–H groups in total. The monoisotopic (exact) mass is 554 g/mol. The van der Waals surface area contributed by atoms with Crippen LogP contribution in [0.3, 0.4) is 0 Å². The number of ether oxygens (including phenoxy) is 2. The molecule has 8 heteroatoms. The lowest BCUT2D eigenvalue weighted by molar-refractivity contribution is -0.114. The van der Waals surface area contributed by atoms with Crippen molar-refractivity contribution < 1.29 is 14.3 Å². The first-order valence-corrected chi connectivity index (χ1v) is 10.7. The first kappa shape index (κ1) is 27.5. The van der Waals surface area contributed by atoms with E-state index in [9.17, 15) is 4.79 Å². The number of halogens is 1. The fraction of sp³-hybridized carbons (Fsp3) is 0.417. The Morgan fingerprint density at radius 2 is 1.69 bits per heavy atom. The van der Waals surface area contributed by atoms with Gasteiger partial charge in [0.25, 0.3) is 0 Å². The Hall–Kier alpha value is -2.49. The van der Waals surface area contributed by atoms with Gasteiger partial charge in [-0.05, 0) is 62.6 Å². The van der Waals surface area contributed by atoms with Gasteiger partial charge in [-0.1, -0.05) is 18.2 Å². The Labute approximate surface area is 208 Å². The van der Waals surface area contributed by atoms with Gasteiger partial charge in [-0.2, -0.15) is 0 Å². The third-order valence-corrected chi connectivity index (χ3v) is 4.62. The molecular formula is C24H35IN4O3. The van der Waals surface area contributed by atoms with E-state index >= 15 is 0 Å². The topological polar surface area (TPSA) is 84.0 Å². The second-order valence-corrected chi connectivity index (χ2v) is 7.07. The highest BCUT2D eigenvalue weighted by Crippen LogP contribution is 2.30. The molecule has 2 rings (SSSR count). The summed E-state index contributed by atoms with van der Waals surface area (Å²) in [5.41, 5.74) is 3.07. The van der Waals surface area contributed by atoms with Crippen molar-refractivity contribution in [2.24, 2.45) is 4.99 Å². The number of hydrogen-bond acceptors (Lipinski definition) is 4. The average molecular weight is 554 g/mol. The van der Waals surface area contributed by atoms with Crippen molar-refractivity contribution in [3.63, 3.8) is 0 Å². The molecule has 0 aliphatic rings. The summed E-state index contributed by atoms with van der Waals surface area (Å²) in [5, 5.41) is 9.54. The van der Waals surface area contributed by atoms with Crippen molar-refractivity contribution in [3.05, 3.63) is 53.6 Å². The highest BCUT2D eigenvalue weighted by atomic mass is 127. The zero-order chi connectivity index (χ0) is 22.6. The Kier molecular flexibility index (Phi) is 12.5. The number of hydrogen-bond donors (Lipinski definition) is 3. The maximum Gasteiger partial charge on any atom is 0.221 e. The summed E-state index contributed by atoms with van der Waals surface area (Å²) in [6, 6.07) is 13.9. The molecule has 1 unspecified atom stereocenters. The minimum absolute atomic E-state index is 0. The molecule has 0 radical (unpaired) electrons. The zero-order valence-electron chi connectivity index (χ0n) is 19.5. The summed E-state index contributed by atoms with van der Waals surface area (Å²) in [6.45, 7) is 9.42. The quantitative estimate of drug-likeness (QED) is 0.229. The van der Waals surface area contributed by atoms with E-state index in [4.69, 9.17) is 9.47 Å². The van der Waals surface area contributed by atoms with Crippen LogP contribution < -0.4 is 25.4 Å². The lowest BCUT2D eigenvalue weighted by atomic mass is 10.1. The van der Waals surface area contributed by atoms with E-state index < -0.39 is 0 Å². The van der Waals surface area contributed by atoms with Crippen molar-refractivity contribution in [2.75, 3.05) is 32.1 Å². The minimum atomic E-state index is -0.0701. The van der Waals surface area contributed by atoms with Gasteiger partial charge in [-0.25, -0.2) is 0 Å². The summed E-state index contributed by atoms with van der Waals surface area (Å²) in [7, 11) is 1.76. The molecule has 1 amide bonds. The van der Waals surface area contributed by atoms with E-state index in [1.54, 1.807) is 7.05 Å². The minimum Gasteiger partial charge on any atom is -0.490 e. The lowest BCUT2D eigenvalue weighted by Gasteiger charge is -2.20. The SMILES string of the molecule is CCOc1ccc(C(C)NC(=NC)NCCc2ccc(NC(C)=O)cc2)cc1OCC.I. The maximum absolute atomic E-state index is 11.1. The van der Waals surface area contributed by atoms with Gasteiger partial charge in [-0.15, -0.1) is 24.0 Å². The molecule has 1 atom stereocenters. The van der Waals surface area contributed by atoms with Crippen LogP contribution in [0.2, 0.25) is 0 Å². The molecule has 176 valence electrons. The van der Waals surface area contributed by atoms with Crippen molar-refractivity contribution >= 4 is 41.5 Å². The van der Waals surface area contributed by atoms with Gasteiger partial charge in [0.15, 0.2) is 17.5 Å². The van der Waals surface area contributed by atoms with Crippen LogP contribution in [0, 0.1) is 0 Å². The Morgan fingerprint density at radius 3 is 2.28 bits per heavy atom. The third kappa shape index (κ3) is 8.94.